The number of carbonyl (C=O) groups excluding carboxylic acids is 1. The van der Waals surface area contributed by atoms with E-state index in [0.29, 0.717) is 24.3 Å². The lowest BCUT2D eigenvalue weighted by Crippen LogP contribution is -2.33. The molecule has 2 fully saturated rings. The normalized spacial score (nSPS) is 27.3. The molecule has 1 aliphatic heterocycles. The fourth-order valence-corrected chi connectivity index (χ4v) is 3.84. The lowest BCUT2D eigenvalue weighted by molar-refractivity contribution is -0.130. The lowest BCUT2D eigenvalue weighted by atomic mass is 9.98. The van der Waals surface area contributed by atoms with Crippen LogP contribution in [0.5, 0.6) is 0 Å². The molecule has 3 nitrogen and oxygen atoms in total. The highest BCUT2D eigenvalue weighted by Crippen LogP contribution is 2.37. The van der Waals surface area contributed by atoms with E-state index in [4.69, 9.17) is 5.73 Å². The van der Waals surface area contributed by atoms with Gasteiger partial charge >= 0.3 is 0 Å². The number of nitrogens with two attached hydrogens (primary N) is 1. The Hall–Kier alpha value is -0.580. The van der Waals surface area contributed by atoms with Gasteiger partial charge in [0.1, 0.15) is 0 Å². The maximum Gasteiger partial charge on any atom is 0.222 e. The minimum atomic E-state index is 0. The molecule has 0 radical (unpaired) electrons. The van der Waals surface area contributed by atoms with Crippen molar-refractivity contribution in [2.45, 2.75) is 31.7 Å². The molecule has 3 rings (SSSR count). The van der Waals surface area contributed by atoms with E-state index in [1.807, 2.05) is 17.0 Å². The first-order valence-electron chi connectivity index (χ1n) is 7.41. The van der Waals surface area contributed by atoms with Crippen molar-refractivity contribution in [1.82, 2.24) is 4.90 Å². The molecular weight excluding hydrogens is 352 g/mol. The molecule has 1 aromatic rings. The summed E-state index contributed by atoms with van der Waals surface area (Å²) in [7, 11) is 0. The molecule has 1 aromatic carbocycles. The third kappa shape index (κ3) is 3.79. The minimum Gasteiger partial charge on any atom is -0.342 e. The molecule has 1 saturated heterocycles. The number of fused-ring (bicyclic) bond motifs is 1. The summed E-state index contributed by atoms with van der Waals surface area (Å²) < 4.78 is 1.08. The number of amides is 1. The van der Waals surface area contributed by atoms with E-state index in [0.717, 1.165) is 30.4 Å². The van der Waals surface area contributed by atoms with E-state index >= 15 is 0 Å². The van der Waals surface area contributed by atoms with Crippen LogP contribution in [-0.4, -0.2) is 29.9 Å². The largest absolute Gasteiger partial charge is 0.342 e. The third-order valence-electron chi connectivity index (χ3n) is 4.81. The molecular formula is C16H22BrClN2O. The highest BCUT2D eigenvalue weighted by atomic mass is 79.9. The molecule has 21 heavy (non-hydrogen) atoms. The van der Waals surface area contributed by atoms with E-state index in [1.54, 1.807) is 0 Å². The molecule has 2 N–H and O–H groups in total. The van der Waals surface area contributed by atoms with Crippen LogP contribution in [-0.2, 0) is 11.2 Å². The van der Waals surface area contributed by atoms with Crippen molar-refractivity contribution < 1.29 is 4.79 Å². The number of likely N-dealkylation sites (tertiary alicyclic amines) is 1. The Morgan fingerprint density at radius 1 is 1.24 bits per heavy atom. The maximum absolute atomic E-state index is 12.3. The first kappa shape index (κ1) is 16.8. The van der Waals surface area contributed by atoms with Crippen LogP contribution in [0.15, 0.2) is 28.7 Å². The van der Waals surface area contributed by atoms with Crippen LogP contribution in [0.3, 0.4) is 0 Å². The Kier molecular flexibility index (Phi) is 5.69. The van der Waals surface area contributed by atoms with Gasteiger partial charge in [0.2, 0.25) is 5.91 Å². The van der Waals surface area contributed by atoms with Crippen molar-refractivity contribution in [1.29, 1.82) is 0 Å². The second-order valence-corrected chi connectivity index (χ2v) is 7.01. The monoisotopic (exact) mass is 372 g/mol. The maximum atomic E-state index is 12.3. The molecule has 0 spiro atoms. The quantitative estimate of drug-likeness (QED) is 0.885. The van der Waals surface area contributed by atoms with Crippen molar-refractivity contribution in [3.63, 3.8) is 0 Å². The van der Waals surface area contributed by atoms with E-state index in [-0.39, 0.29) is 18.3 Å². The summed E-state index contributed by atoms with van der Waals surface area (Å²) in [5.41, 5.74) is 7.34. The molecule has 5 heteroatoms. The lowest BCUT2D eigenvalue weighted by Gasteiger charge is -2.18. The van der Waals surface area contributed by atoms with Crippen LogP contribution in [0.1, 0.15) is 24.8 Å². The Labute approximate surface area is 140 Å². The van der Waals surface area contributed by atoms with Gasteiger partial charge in [-0.25, -0.2) is 0 Å². The summed E-state index contributed by atoms with van der Waals surface area (Å²) in [5, 5.41) is 0. The fraction of sp³-hybridized carbons (Fsp3) is 0.562. The molecule has 0 bridgehead atoms. The van der Waals surface area contributed by atoms with Crippen LogP contribution in [0.4, 0.5) is 0 Å². The molecule has 3 unspecified atom stereocenters. The van der Waals surface area contributed by atoms with Gasteiger partial charge in [0.15, 0.2) is 0 Å². The van der Waals surface area contributed by atoms with Crippen LogP contribution in [0, 0.1) is 11.8 Å². The van der Waals surface area contributed by atoms with Crippen molar-refractivity contribution in [3.05, 3.63) is 34.3 Å². The summed E-state index contributed by atoms with van der Waals surface area (Å²) in [6, 6.07) is 8.51. The van der Waals surface area contributed by atoms with Crippen molar-refractivity contribution in [2.24, 2.45) is 17.6 Å². The Morgan fingerprint density at radius 2 is 1.95 bits per heavy atom. The number of rotatable bonds is 3. The third-order valence-corrected chi connectivity index (χ3v) is 5.33. The molecule has 116 valence electrons. The van der Waals surface area contributed by atoms with Gasteiger partial charge in [-0.3, -0.25) is 4.79 Å². The van der Waals surface area contributed by atoms with Gasteiger partial charge in [0.25, 0.3) is 0 Å². The fourth-order valence-electron chi connectivity index (χ4n) is 3.57. The van der Waals surface area contributed by atoms with E-state index in [2.05, 4.69) is 28.1 Å². The number of nitrogens with zero attached hydrogens (tertiary/aromatic N) is 1. The predicted octanol–water partition coefficient (Wildman–Crippen LogP) is 3.00. The molecule has 1 saturated carbocycles. The van der Waals surface area contributed by atoms with Crippen molar-refractivity contribution >= 4 is 34.2 Å². The Bertz CT molecular complexity index is 494. The van der Waals surface area contributed by atoms with Gasteiger partial charge in [0, 0.05) is 30.0 Å². The zero-order valence-corrected chi connectivity index (χ0v) is 14.4. The van der Waals surface area contributed by atoms with Crippen LogP contribution in [0.2, 0.25) is 0 Å². The standard InChI is InChI=1S/C16H21BrN2O.ClH/c17-13-5-1-11(2-6-13)3-8-16(20)19-9-12-4-7-15(18)14(12)10-19;/h1-2,5-6,12,14-15H,3-4,7-10,18H2;1H. The molecule has 0 aromatic heterocycles. The minimum absolute atomic E-state index is 0. The highest BCUT2D eigenvalue weighted by Gasteiger charge is 2.42. The van der Waals surface area contributed by atoms with Gasteiger partial charge in [-0.2, -0.15) is 0 Å². The number of halogens is 2. The van der Waals surface area contributed by atoms with Gasteiger partial charge in [-0.1, -0.05) is 28.1 Å². The molecule has 1 aliphatic carbocycles. The van der Waals surface area contributed by atoms with E-state index in [1.165, 1.54) is 12.0 Å². The zero-order valence-electron chi connectivity index (χ0n) is 12.0. The SMILES string of the molecule is Cl.NC1CCC2CN(C(=O)CCc3ccc(Br)cc3)CC12. The molecule has 1 heterocycles. The Balaban J connectivity index is 0.00000161. The van der Waals surface area contributed by atoms with Crippen molar-refractivity contribution in [2.75, 3.05) is 13.1 Å². The summed E-state index contributed by atoms with van der Waals surface area (Å²) in [5.74, 6) is 1.49. The van der Waals surface area contributed by atoms with Crippen molar-refractivity contribution in [3.8, 4) is 0 Å². The van der Waals surface area contributed by atoms with Gasteiger partial charge in [0.05, 0.1) is 0 Å². The van der Waals surface area contributed by atoms with Gasteiger partial charge in [-0.15, -0.1) is 12.4 Å². The number of carbonyl (C=O) groups is 1. The first-order chi connectivity index (χ1) is 9.63. The van der Waals surface area contributed by atoms with Crippen LogP contribution >= 0.6 is 28.3 Å². The second-order valence-electron chi connectivity index (χ2n) is 6.09. The van der Waals surface area contributed by atoms with Crippen LogP contribution in [0.25, 0.3) is 0 Å². The predicted molar refractivity (Wildman–Crippen MR) is 90.5 cm³/mol. The van der Waals surface area contributed by atoms with E-state index in [9.17, 15) is 4.79 Å². The zero-order chi connectivity index (χ0) is 14.1. The van der Waals surface area contributed by atoms with Gasteiger partial charge < -0.3 is 10.6 Å². The van der Waals surface area contributed by atoms with Crippen LogP contribution < -0.4 is 5.73 Å². The van der Waals surface area contributed by atoms with E-state index < -0.39 is 0 Å². The second kappa shape index (κ2) is 7.12. The number of benzene rings is 1. The number of aryl methyl sites for hydroxylation is 1. The average molecular weight is 374 g/mol. The smallest absolute Gasteiger partial charge is 0.222 e. The first-order valence-corrected chi connectivity index (χ1v) is 8.20. The summed E-state index contributed by atoms with van der Waals surface area (Å²) in [6.45, 7) is 1.81. The summed E-state index contributed by atoms with van der Waals surface area (Å²) in [4.78, 5) is 14.3. The number of hydrogen-bond acceptors (Lipinski definition) is 2. The van der Waals surface area contributed by atoms with Gasteiger partial charge in [-0.05, 0) is 48.8 Å². The average Bonchev–Trinajstić information content (AvgIpc) is 3.01. The topological polar surface area (TPSA) is 46.3 Å². The highest BCUT2D eigenvalue weighted by molar-refractivity contribution is 9.10. The summed E-state index contributed by atoms with van der Waals surface area (Å²) >= 11 is 3.43. The molecule has 2 aliphatic rings. The molecule has 3 atom stereocenters. The number of hydrogen-bond donors (Lipinski definition) is 1. The summed E-state index contributed by atoms with van der Waals surface area (Å²) in [6.07, 6.45) is 3.76. The Morgan fingerprint density at radius 3 is 2.62 bits per heavy atom. The molecule has 1 amide bonds.